The van der Waals surface area contributed by atoms with Crippen molar-refractivity contribution in [1.82, 2.24) is 0 Å². The van der Waals surface area contributed by atoms with E-state index in [1.807, 2.05) is 49.5 Å². The van der Waals surface area contributed by atoms with Crippen LogP contribution in [0.3, 0.4) is 0 Å². The summed E-state index contributed by atoms with van der Waals surface area (Å²) in [7, 11) is 1.86. The molecule has 24 heavy (non-hydrogen) atoms. The molecule has 2 heteroatoms. The summed E-state index contributed by atoms with van der Waals surface area (Å²) < 4.78 is 0. The Hall–Kier alpha value is -2.87. The molecule has 0 spiro atoms. The van der Waals surface area contributed by atoms with Crippen molar-refractivity contribution in [3.8, 4) is 0 Å². The zero-order valence-electron chi connectivity index (χ0n) is 13.7. The molecule has 0 radical (unpaired) electrons. The van der Waals surface area contributed by atoms with Crippen LogP contribution < -0.4 is 4.90 Å². The Balaban J connectivity index is 2.11. The van der Waals surface area contributed by atoms with E-state index in [0.29, 0.717) is 6.42 Å². The topological polar surface area (TPSA) is 20.3 Å². The monoisotopic (exact) mass is 313 g/mol. The van der Waals surface area contributed by atoms with Gasteiger partial charge in [-0.3, -0.25) is 4.79 Å². The number of nitrogens with zero attached hydrogens (tertiary/aromatic N) is 1. The number of hydrogen-bond donors (Lipinski definition) is 0. The van der Waals surface area contributed by atoms with E-state index in [9.17, 15) is 4.79 Å². The van der Waals surface area contributed by atoms with Crippen LogP contribution in [0.2, 0.25) is 0 Å². The lowest BCUT2D eigenvalue weighted by molar-refractivity contribution is -0.121. The van der Waals surface area contributed by atoms with E-state index in [1.54, 1.807) is 4.90 Å². The lowest BCUT2D eigenvalue weighted by Crippen LogP contribution is -2.39. The number of anilines is 1. The van der Waals surface area contributed by atoms with Gasteiger partial charge in [0.1, 0.15) is 5.41 Å². The molecule has 118 valence electrons. The van der Waals surface area contributed by atoms with Crippen molar-refractivity contribution in [3.05, 3.63) is 90.5 Å². The zero-order valence-corrected chi connectivity index (χ0v) is 13.7. The minimum atomic E-state index is -0.700. The van der Waals surface area contributed by atoms with Crippen molar-refractivity contribution >= 4 is 22.4 Å². The maximum atomic E-state index is 13.4. The van der Waals surface area contributed by atoms with E-state index < -0.39 is 5.41 Å². The van der Waals surface area contributed by atoms with Gasteiger partial charge in [0.15, 0.2) is 0 Å². The second-order valence-corrected chi connectivity index (χ2v) is 6.31. The molecule has 1 aliphatic heterocycles. The number of fused-ring (bicyclic) bond motifs is 2. The molecule has 1 amide bonds. The Morgan fingerprint density at radius 2 is 1.62 bits per heavy atom. The van der Waals surface area contributed by atoms with Crippen LogP contribution in [-0.2, 0) is 10.2 Å². The first kappa shape index (κ1) is 14.7. The highest BCUT2D eigenvalue weighted by molar-refractivity contribution is 6.12. The predicted octanol–water partition coefficient (Wildman–Crippen LogP) is 4.68. The summed E-state index contributed by atoms with van der Waals surface area (Å²) in [5.74, 6) is 0.111. The molecule has 3 aromatic rings. The van der Waals surface area contributed by atoms with Crippen molar-refractivity contribution < 1.29 is 4.79 Å². The molecule has 0 N–H and O–H groups in total. The standard InChI is InChI=1S/C22H19NO/c1-3-15-22(18-13-8-10-16-9-4-5-11-17(16)18)19-12-6-7-14-20(19)23(2)21(22)24/h3-14H,1,15H2,2H3/t22-/m1/s1. The van der Waals surface area contributed by atoms with Gasteiger partial charge in [0.05, 0.1) is 0 Å². The first-order chi connectivity index (χ1) is 11.7. The van der Waals surface area contributed by atoms with E-state index in [2.05, 4.69) is 36.9 Å². The third-order valence-corrected chi connectivity index (χ3v) is 5.09. The quantitative estimate of drug-likeness (QED) is 0.643. The molecular formula is C22H19NO. The normalized spacial score (nSPS) is 19.5. The third kappa shape index (κ3) is 1.80. The SMILES string of the molecule is C=CC[C@]1(c2cccc3ccccc23)C(=O)N(C)c2ccccc21. The number of carbonyl (C=O) groups is 1. The first-order valence-electron chi connectivity index (χ1n) is 8.17. The van der Waals surface area contributed by atoms with Crippen LogP contribution in [0.5, 0.6) is 0 Å². The molecule has 1 aliphatic rings. The summed E-state index contributed by atoms with van der Waals surface area (Å²) in [5, 5.41) is 2.28. The van der Waals surface area contributed by atoms with Crippen LogP contribution in [-0.4, -0.2) is 13.0 Å². The van der Waals surface area contributed by atoms with Crippen LogP contribution >= 0.6 is 0 Å². The van der Waals surface area contributed by atoms with Crippen molar-refractivity contribution in [1.29, 1.82) is 0 Å². The fourth-order valence-electron chi connectivity index (χ4n) is 4.02. The average molecular weight is 313 g/mol. The van der Waals surface area contributed by atoms with Crippen molar-refractivity contribution in [3.63, 3.8) is 0 Å². The summed E-state index contributed by atoms with van der Waals surface area (Å²) >= 11 is 0. The van der Waals surface area contributed by atoms with Crippen LogP contribution in [0.1, 0.15) is 17.5 Å². The molecule has 0 fully saturated rings. The Morgan fingerprint density at radius 1 is 0.958 bits per heavy atom. The van der Waals surface area contributed by atoms with Gasteiger partial charge in [0.25, 0.3) is 0 Å². The maximum Gasteiger partial charge on any atom is 0.242 e. The Morgan fingerprint density at radius 3 is 2.46 bits per heavy atom. The van der Waals surface area contributed by atoms with Gasteiger partial charge in [-0.2, -0.15) is 0 Å². The molecule has 0 saturated heterocycles. The number of likely N-dealkylation sites (N-methyl/N-ethyl adjacent to an activating group) is 1. The van der Waals surface area contributed by atoms with E-state index in [0.717, 1.165) is 27.6 Å². The van der Waals surface area contributed by atoms with Gasteiger partial charge >= 0.3 is 0 Å². The molecule has 1 atom stereocenters. The molecular weight excluding hydrogens is 294 g/mol. The third-order valence-electron chi connectivity index (χ3n) is 5.09. The van der Waals surface area contributed by atoms with Gasteiger partial charge < -0.3 is 4.90 Å². The van der Waals surface area contributed by atoms with Crippen LogP contribution in [0.4, 0.5) is 5.69 Å². The predicted molar refractivity (Wildman–Crippen MR) is 99.4 cm³/mol. The molecule has 2 nitrogen and oxygen atoms in total. The summed E-state index contributed by atoms with van der Waals surface area (Å²) in [6.07, 6.45) is 2.44. The largest absolute Gasteiger partial charge is 0.314 e. The first-order valence-corrected chi connectivity index (χ1v) is 8.17. The van der Waals surface area contributed by atoms with E-state index in [4.69, 9.17) is 0 Å². The van der Waals surface area contributed by atoms with Gasteiger partial charge in [-0.25, -0.2) is 0 Å². The highest BCUT2D eigenvalue weighted by Gasteiger charge is 2.50. The molecule has 0 saturated carbocycles. The molecule has 0 bridgehead atoms. The van der Waals surface area contributed by atoms with Crippen LogP contribution in [0.25, 0.3) is 10.8 Å². The maximum absolute atomic E-state index is 13.4. The summed E-state index contributed by atoms with van der Waals surface area (Å²) in [4.78, 5) is 15.2. The van der Waals surface area contributed by atoms with Gasteiger partial charge in [-0.15, -0.1) is 6.58 Å². The number of rotatable bonds is 3. The van der Waals surface area contributed by atoms with Gasteiger partial charge in [0.2, 0.25) is 5.91 Å². The number of carbonyl (C=O) groups excluding carboxylic acids is 1. The number of para-hydroxylation sites is 1. The minimum Gasteiger partial charge on any atom is -0.314 e. The molecule has 4 rings (SSSR count). The van der Waals surface area contributed by atoms with E-state index in [1.165, 1.54) is 0 Å². The van der Waals surface area contributed by atoms with E-state index in [-0.39, 0.29) is 5.91 Å². The molecule has 0 aromatic heterocycles. The fourth-order valence-corrected chi connectivity index (χ4v) is 4.02. The Kier molecular flexibility index (Phi) is 3.27. The lowest BCUT2D eigenvalue weighted by atomic mass is 9.71. The second kappa shape index (κ2) is 5.34. The minimum absolute atomic E-state index is 0.111. The summed E-state index contributed by atoms with van der Waals surface area (Å²) in [5.41, 5.74) is 2.40. The van der Waals surface area contributed by atoms with Crippen molar-refractivity contribution in [2.45, 2.75) is 11.8 Å². The highest BCUT2D eigenvalue weighted by Crippen LogP contribution is 2.49. The number of hydrogen-bond acceptors (Lipinski definition) is 1. The number of benzene rings is 3. The Bertz CT molecular complexity index is 954. The van der Waals surface area contributed by atoms with Gasteiger partial charge in [-0.05, 0) is 34.4 Å². The average Bonchev–Trinajstić information content (AvgIpc) is 2.85. The smallest absolute Gasteiger partial charge is 0.242 e. The van der Waals surface area contributed by atoms with Gasteiger partial charge in [-0.1, -0.05) is 66.7 Å². The van der Waals surface area contributed by atoms with Crippen molar-refractivity contribution in [2.24, 2.45) is 0 Å². The lowest BCUT2D eigenvalue weighted by Gasteiger charge is -2.29. The van der Waals surface area contributed by atoms with Crippen molar-refractivity contribution in [2.75, 3.05) is 11.9 Å². The Labute approximate surface area is 142 Å². The van der Waals surface area contributed by atoms with Crippen LogP contribution in [0, 0.1) is 0 Å². The number of amides is 1. The summed E-state index contributed by atoms with van der Waals surface area (Å²) in [6, 6.07) is 22.5. The molecule has 0 unspecified atom stereocenters. The molecule has 3 aromatic carbocycles. The molecule has 0 aliphatic carbocycles. The highest BCUT2D eigenvalue weighted by atomic mass is 16.2. The zero-order chi connectivity index (χ0) is 16.7. The molecule has 1 heterocycles. The van der Waals surface area contributed by atoms with Gasteiger partial charge in [0, 0.05) is 12.7 Å². The fraction of sp³-hybridized carbons (Fsp3) is 0.136. The summed E-state index contributed by atoms with van der Waals surface area (Å²) in [6.45, 7) is 3.94. The van der Waals surface area contributed by atoms with Crippen LogP contribution in [0.15, 0.2) is 79.4 Å². The number of allylic oxidation sites excluding steroid dienone is 1. The van der Waals surface area contributed by atoms with E-state index >= 15 is 0 Å². The second-order valence-electron chi connectivity index (χ2n) is 6.31.